The van der Waals surface area contributed by atoms with Crippen LogP contribution in [0.4, 0.5) is 11.4 Å². The number of carbonyl (C=O) groups is 1. The van der Waals surface area contributed by atoms with E-state index in [0.717, 1.165) is 31.6 Å². The smallest absolute Gasteiger partial charge is 0.224 e. The molecule has 0 radical (unpaired) electrons. The molecule has 1 aromatic rings. The minimum absolute atomic E-state index is 0.128. The van der Waals surface area contributed by atoms with Gasteiger partial charge in [-0.15, -0.1) is 0 Å². The highest BCUT2D eigenvalue weighted by Gasteiger charge is 2.05. The molecule has 0 aliphatic heterocycles. The summed E-state index contributed by atoms with van der Waals surface area (Å²) in [6, 6.07) is 8.11. The molecule has 0 aliphatic rings. The average Bonchev–Trinajstić information content (AvgIpc) is 2.49. The van der Waals surface area contributed by atoms with Gasteiger partial charge in [-0.25, -0.2) is 0 Å². The van der Waals surface area contributed by atoms with Gasteiger partial charge in [-0.1, -0.05) is 38.7 Å². The summed E-state index contributed by atoms with van der Waals surface area (Å²) in [5.41, 5.74) is 2.07. The van der Waals surface area contributed by atoms with Crippen molar-refractivity contribution in [3.05, 3.63) is 24.3 Å². The van der Waals surface area contributed by atoms with E-state index in [0.29, 0.717) is 6.42 Å². The molecule has 21 heavy (non-hydrogen) atoms. The first kappa shape index (κ1) is 17.5. The van der Waals surface area contributed by atoms with Crippen molar-refractivity contribution in [1.29, 1.82) is 0 Å². The van der Waals surface area contributed by atoms with Gasteiger partial charge in [0.25, 0.3) is 0 Å². The number of amides is 1. The summed E-state index contributed by atoms with van der Waals surface area (Å²) in [6.07, 6.45) is 6.51. The van der Waals surface area contributed by atoms with Gasteiger partial charge in [0.15, 0.2) is 0 Å². The van der Waals surface area contributed by atoms with Crippen LogP contribution in [0.1, 0.15) is 59.3 Å². The molecule has 3 nitrogen and oxygen atoms in total. The highest BCUT2D eigenvalue weighted by atomic mass is 16.1. The second kappa shape index (κ2) is 10.3. The van der Waals surface area contributed by atoms with Crippen LogP contribution in [-0.4, -0.2) is 19.0 Å². The van der Waals surface area contributed by atoms with Gasteiger partial charge in [0.05, 0.1) is 0 Å². The maximum atomic E-state index is 11.9. The van der Waals surface area contributed by atoms with Crippen molar-refractivity contribution >= 4 is 17.3 Å². The maximum absolute atomic E-state index is 11.9. The molecule has 1 N–H and O–H groups in total. The fraction of sp³-hybridized carbons (Fsp3) is 0.611. The van der Waals surface area contributed by atoms with Crippen LogP contribution >= 0.6 is 0 Å². The zero-order chi connectivity index (χ0) is 15.5. The average molecular weight is 290 g/mol. The lowest BCUT2D eigenvalue weighted by molar-refractivity contribution is -0.116. The van der Waals surface area contributed by atoms with Crippen molar-refractivity contribution in [1.82, 2.24) is 0 Å². The summed E-state index contributed by atoms with van der Waals surface area (Å²) in [4.78, 5) is 14.2. The van der Waals surface area contributed by atoms with Gasteiger partial charge < -0.3 is 10.2 Å². The number of carbonyl (C=O) groups excluding carboxylic acids is 1. The van der Waals surface area contributed by atoms with Crippen LogP contribution in [0, 0.1) is 0 Å². The summed E-state index contributed by atoms with van der Waals surface area (Å²) in [5.74, 6) is 0.128. The number of hydrogen-bond acceptors (Lipinski definition) is 2. The number of nitrogens with one attached hydrogen (secondary N) is 1. The van der Waals surface area contributed by atoms with Crippen LogP contribution in [-0.2, 0) is 4.79 Å². The fourth-order valence-electron chi connectivity index (χ4n) is 2.48. The third-order valence-electron chi connectivity index (χ3n) is 3.77. The van der Waals surface area contributed by atoms with Crippen LogP contribution in [0.2, 0.25) is 0 Å². The Labute approximate surface area is 129 Å². The normalized spacial score (nSPS) is 10.4. The standard InChI is InChI=1S/C18H30N2O/c1-4-7-8-9-10-14-18(21)19-16-12-11-13-17(15-16)20(5-2)6-3/h11-13,15H,4-10,14H2,1-3H3,(H,19,21). The third-order valence-corrected chi connectivity index (χ3v) is 3.77. The monoisotopic (exact) mass is 290 g/mol. The molecule has 118 valence electrons. The predicted molar refractivity (Wildman–Crippen MR) is 92.0 cm³/mol. The Hall–Kier alpha value is -1.51. The minimum atomic E-state index is 0.128. The molecule has 0 aromatic heterocycles. The van der Waals surface area contributed by atoms with Gasteiger partial charge in [0, 0.05) is 30.9 Å². The molecule has 0 unspecified atom stereocenters. The first-order chi connectivity index (χ1) is 10.2. The molecule has 0 atom stereocenters. The molecule has 0 saturated carbocycles. The lowest BCUT2D eigenvalue weighted by atomic mass is 10.1. The highest BCUT2D eigenvalue weighted by molar-refractivity contribution is 5.91. The van der Waals surface area contributed by atoms with Crippen LogP contribution in [0.5, 0.6) is 0 Å². The molecular weight excluding hydrogens is 260 g/mol. The van der Waals surface area contributed by atoms with E-state index in [4.69, 9.17) is 0 Å². The molecule has 1 aromatic carbocycles. The Bertz CT molecular complexity index is 413. The van der Waals surface area contributed by atoms with Crippen LogP contribution in [0.15, 0.2) is 24.3 Å². The molecule has 0 aliphatic carbocycles. The molecule has 1 amide bonds. The van der Waals surface area contributed by atoms with Crippen molar-refractivity contribution in [2.24, 2.45) is 0 Å². The molecular formula is C18H30N2O. The molecule has 1 rings (SSSR count). The van der Waals surface area contributed by atoms with Gasteiger partial charge >= 0.3 is 0 Å². The first-order valence-electron chi connectivity index (χ1n) is 8.36. The summed E-state index contributed by atoms with van der Waals surface area (Å²) >= 11 is 0. The van der Waals surface area contributed by atoms with Crippen molar-refractivity contribution in [3.63, 3.8) is 0 Å². The van der Waals surface area contributed by atoms with Crippen molar-refractivity contribution in [3.8, 4) is 0 Å². The molecule has 0 saturated heterocycles. The highest BCUT2D eigenvalue weighted by Crippen LogP contribution is 2.19. The third kappa shape index (κ3) is 6.65. The lowest BCUT2D eigenvalue weighted by Crippen LogP contribution is -2.22. The van der Waals surface area contributed by atoms with Gasteiger partial charge in [0.2, 0.25) is 5.91 Å². The number of rotatable bonds is 10. The van der Waals surface area contributed by atoms with Gasteiger partial charge in [-0.2, -0.15) is 0 Å². The zero-order valence-corrected chi connectivity index (χ0v) is 13.8. The predicted octanol–water partition coefficient (Wildman–Crippen LogP) is 4.83. The van der Waals surface area contributed by atoms with Gasteiger partial charge in [-0.3, -0.25) is 4.79 Å². The largest absolute Gasteiger partial charge is 0.372 e. The van der Waals surface area contributed by atoms with Crippen LogP contribution < -0.4 is 10.2 Å². The van der Waals surface area contributed by atoms with E-state index in [1.165, 1.54) is 24.9 Å². The lowest BCUT2D eigenvalue weighted by Gasteiger charge is -2.21. The van der Waals surface area contributed by atoms with E-state index in [1.807, 2.05) is 12.1 Å². The summed E-state index contributed by atoms with van der Waals surface area (Å²) < 4.78 is 0. The summed E-state index contributed by atoms with van der Waals surface area (Å²) in [5, 5.41) is 3.01. The second-order valence-electron chi connectivity index (χ2n) is 5.44. The quantitative estimate of drug-likeness (QED) is 0.626. The zero-order valence-electron chi connectivity index (χ0n) is 13.8. The van der Waals surface area contributed by atoms with E-state index < -0.39 is 0 Å². The SMILES string of the molecule is CCCCCCCC(=O)Nc1cccc(N(CC)CC)c1. The Balaban J connectivity index is 2.43. The minimum Gasteiger partial charge on any atom is -0.372 e. The Morgan fingerprint density at radius 1 is 1.05 bits per heavy atom. The molecule has 0 spiro atoms. The van der Waals surface area contributed by atoms with Crippen LogP contribution in [0.25, 0.3) is 0 Å². The number of unbranched alkanes of at least 4 members (excludes halogenated alkanes) is 4. The van der Waals surface area contributed by atoms with E-state index in [2.05, 4.69) is 43.1 Å². The number of hydrogen-bond donors (Lipinski definition) is 1. The van der Waals surface area contributed by atoms with E-state index in [9.17, 15) is 4.79 Å². The number of anilines is 2. The summed E-state index contributed by atoms with van der Waals surface area (Å²) in [7, 11) is 0. The molecule has 0 fully saturated rings. The van der Waals surface area contributed by atoms with Gasteiger partial charge in [-0.05, 0) is 38.5 Å². The summed E-state index contributed by atoms with van der Waals surface area (Å²) in [6.45, 7) is 8.45. The van der Waals surface area contributed by atoms with E-state index in [1.54, 1.807) is 0 Å². The number of nitrogens with zero attached hydrogens (tertiary/aromatic N) is 1. The first-order valence-corrected chi connectivity index (χ1v) is 8.36. The molecule has 0 bridgehead atoms. The Morgan fingerprint density at radius 2 is 1.76 bits per heavy atom. The molecule has 3 heteroatoms. The van der Waals surface area contributed by atoms with Crippen LogP contribution in [0.3, 0.4) is 0 Å². The molecule has 0 heterocycles. The van der Waals surface area contributed by atoms with Crippen molar-refractivity contribution < 1.29 is 4.79 Å². The van der Waals surface area contributed by atoms with E-state index >= 15 is 0 Å². The number of benzene rings is 1. The Morgan fingerprint density at radius 3 is 2.43 bits per heavy atom. The van der Waals surface area contributed by atoms with Crippen molar-refractivity contribution in [2.75, 3.05) is 23.3 Å². The van der Waals surface area contributed by atoms with Gasteiger partial charge in [0.1, 0.15) is 0 Å². The topological polar surface area (TPSA) is 32.3 Å². The maximum Gasteiger partial charge on any atom is 0.224 e. The second-order valence-corrected chi connectivity index (χ2v) is 5.44. The van der Waals surface area contributed by atoms with Crippen molar-refractivity contribution in [2.45, 2.75) is 59.3 Å². The Kier molecular flexibility index (Phi) is 8.56. The van der Waals surface area contributed by atoms with E-state index in [-0.39, 0.29) is 5.91 Å². The fourth-order valence-corrected chi connectivity index (χ4v) is 2.48.